The van der Waals surface area contributed by atoms with E-state index in [-0.39, 0.29) is 17.9 Å². The fraction of sp³-hybridized carbons (Fsp3) is 0.308. The highest BCUT2D eigenvalue weighted by atomic mass is 35.5. The van der Waals surface area contributed by atoms with Gasteiger partial charge in [0.15, 0.2) is 0 Å². The van der Waals surface area contributed by atoms with E-state index < -0.39 is 0 Å². The van der Waals surface area contributed by atoms with Crippen molar-refractivity contribution in [1.82, 2.24) is 15.2 Å². The Kier molecular flexibility index (Phi) is 7.40. The summed E-state index contributed by atoms with van der Waals surface area (Å²) in [5.41, 5.74) is 2.94. The van der Waals surface area contributed by atoms with E-state index in [4.69, 9.17) is 16.3 Å². The van der Waals surface area contributed by atoms with Crippen LogP contribution in [0.1, 0.15) is 35.7 Å². The fourth-order valence-corrected chi connectivity index (χ4v) is 4.35. The largest absolute Gasteiger partial charge is 0.496 e. The zero-order valence-electron chi connectivity index (χ0n) is 18.2. The molecule has 0 radical (unpaired) electrons. The van der Waals surface area contributed by atoms with Gasteiger partial charge in [-0.1, -0.05) is 48.0 Å². The second-order valence-corrected chi connectivity index (χ2v) is 8.55. The Morgan fingerprint density at radius 3 is 2.50 bits per heavy atom. The number of methoxy groups -OCH3 is 1. The molecule has 1 unspecified atom stereocenters. The third-order valence-corrected chi connectivity index (χ3v) is 6.25. The van der Waals surface area contributed by atoms with Crippen LogP contribution in [0.3, 0.4) is 0 Å². The fourth-order valence-electron chi connectivity index (χ4n) is 4.22. The molecule has 0 aliphatic carbocycles. The van der Waals surface area contributed by atoms with Crippen LogP contribution in [-0.2, 0) is 11.3 Å². The van der Waals surface area contributed by atoms with E-state index in [2.05, 4.69) is 27.3 Å². The molecule has 1 amide bonds. The number of para-hydroxylation sites is 1. The lowest BCUT2D eigenvalue weighted by atomic mass is 9.94. The number of piperidine rings is 1. The maximum absolute atomic E-state index is 13.2. The van der Waals surface area contributed by atoms with Crippen molar-refractivity contribution in [3.63, 3.8) is 0 Å². The zero-order valence-corrected chi connectivity index (χ0v) is 19.0. The molecular weight excluding hydrogens is 422 g/mol. The molecule has 4 rings (SSSR count). The van der Waals surface area contributed by atoms with Crippen LogP contribution in [0.2, 0.25) is 5.02 Å². The minimum atomic E-state index is -0.355. The van der Waals surface area contributed by atoms with E-state index in [0.717, 1.165) is 54.5 Å². The van der Waals surface area contributed by atoms with Crippen molar-refractivity contribution < 1.29 is 9.53 Å². The number of carbonyl (C=O) groups is 1. The molecule has 1 aromatic heterocycles. The quantitative estimate of drug-likeness (QED) is 0.559. The van der Waals surface area contributed by atoms with Crippen LogP contribution >= 0.6 is 11.6 Å². The van der Waals surface area contributed by atoms with Gasteiger partial charge in [0, 0.05) is 29.2 Å². The number of pyridine rings is 1. The zero-order chi connectivity index (χ0) is 22.3. The maximum atomic E-state index is 13.2. The molecule has 3 aromatic rings. The Balaban J connectivity index is 1.42. The number of rotatable bonds is 7. The summed E-state index contributed by atoms with van der Waals surface area (Å²) < 4.78 is 5.56. The first-order valence-electron chi connectivity index (χ1n) is 10.9. The highest BCUT2D eigenvalue weighted by Gasteiger charge is 2.29. The molecular formula is C26H28ClN3O2. The lowest BCUT2D eigenvalue weighted by Crippen LogP contribution is -2.41. The number of nitrogens with one attached hydrogen (secondary N) is 1. The summed E-state index contributed by atoms with van der Waals surface area (Å²) in [6, 6.07) is 21.1. The Morgan fingerprint density at radius 1 is 1.09 bits per heavy atom. The number of benzene rings is 2. The van der Waals surface area contributed by atoms with Gasteiger partial charge in [0.1, 0.15) is 5.75 Å². The number of nitrogens with zero attached hydrogens (tertiary/aromatic N) is 2. The van der Waals surface area contributed by atoms with Gasteiger partial charge in [-0.3, -0.25) is 14.7 Å². The molecule has 1 aliphatic rings. The first-order chi connectivity index (χ1) is 15.6. The molecule has 0 spiro atoms. The molecule has 5 nitrogen and oxygen atoms in total. The van der Waals surface area contributed by atoms with Gasteiger partial charge in [-0.15, -0.1) is 0 Å². The third kappa shape index (κ3) is 5.47. The van der Waals surface area contributed by atoms with E-state index in [1.165, 1.54) is 5.56 Å². The normalized spacial score (nSPS) is 15.8. The first-order valence-corrected chi connectivity index (χ1v) is 11.3. The van der Waals surface area contributed by atoms with Crippen molar-refractivity contribution in [2.75, 3.05) is 20.2 Å². The van der Waals surface area contributed by atoms with Gasteiger partial charge < -0.3 is 10.1 Å². The minimum absolute atomic E-state index is 0.0163. The molecule has 1 aliphatic heterocycles. The Morgan fingerprint density at radius 2 is 1.81 bits per heavy atom. The molecule has 32 heavy (non-hydrogen) atoms. The highest BCUT2D eigenvalue weighted by Crippen LogP contribution is 2.30. The molecule has 0 saturated carbocycles. The monoisotopic (exact) mass is 449 g/mol. The standard InChI is InChI=1S/C26H28ClN3O2/c1-32-24-8-3-2-6-22(24)25(23-7-4-5-15-28-23)29-26(31)20-13-16-30(17-14-20)18-19-9-11-21(27)12-10-19/h2-12,15,20,25H,13-14,16-18H2,1H3,(H,29,31). The summed E-state index contributed by atoms with van der Waals surface area (Å²) in [4.78, 5) is 20.1. The van der Waals surface area contributed by atoms with Gasteiger partial charge in [-0.2, -0.15) is 0 Å². The average molecular weight is 450 g/mol. The van der Waals surface area contributed by atoms with Crippen LogP contribution in [0.15, 0.2) is 72.9 Å². The SMILES string of the molecule is COc1ccccc1C(NC(=O)C1CCN(Cc2ccc(Cl)cc2)CC1)c1ccccn1. The van der Waals surface area contributed by atoms with Gasteiger partial charge in [-0.05, 0) is 61.8 Å². The second-order valence-electron chi connectivity index (χ2n) is 8.12. The van der Waals surface area contributed by atoms with Gasteiger partial charge >= 0.3 is 0 Å². The topological polar surface area (TPSA) is 54.5 Å². The second kappa shape index (κ2) is 10.6. The van der Waals surface area contributed by atoms with Crippen molar-refractivity contribution in [3.8, 4) is 5.75 Å². The van der Waals surface area contributed by atoms with E-state index in [1.54, 1.807) is 13.3 Å². The average Bonchev–Trinajstić information content (AvgIpc) is 2.85. The van der Waals surface area contributed by atoms with E-state index in [9.17, 15) is 4.79 Å². The summed E-state index contributed by atoms with van der Waals surface area (Å²) in [5.74, 6) is 0.788. The maximum Gasteiger partial charge on any atom is 0.224 e. The van der Waals surface area contributed by atoms with Crippen molar-refractivity contribution in [2.45, 2.75) is 25.4 Å². The predicted molar refractivity (Wildman–Crippen MR) is 127 cm³/mol. The lowest BCUT2D eigenvalue weighted by Gasteiger charge is -2.32. The summed E-state index contributed by atoms with van der Waals surface area (Å²) in [7, 11) is 1.65. The molecule has 1 atom stereocenters. The predicted octanol–water partition coefficient (Wildman–Crippen LogP) is 4.86. The van der Waals surface area contributed by atoms with Crippen LogP contribution in [0.5, 0.6) is 5.75 Å². The number of hydrogen-bond acceptors (Lipinski definition) is 4. The van der Waals surface area contributed by atoms with Crippen LogP contribution in [-0.4, -0.2) is 36.0 Å². The summed E-state index contributed by atoms with van der Waals surface area (Å²) in [6.45, 7) is 2.66. The Labute approximate surface area is 194 Å². The number of carbonyl (C=O) groups excluding carboxylic acids is 1. The molecule has 1 fully saturated rings. The van der Waals surface area contributed by atoms with Crippen LogP contribution in [0.25, 0.3) is 0 Å². The van der Waals surface area contributed by atoms with Gasteiger partial charge in [0.2, 0.25) is 5.91 Å². The molecule has 166 valence electrons. The van der Waals surface area contributed by atoms with Gasteiger partial charge in [0.05, 0.1) is 18.8 Å². The highest BCUT2D eigenvalue weighted by molar-refractivity contribution is 6.30. The number of amides is 1. The molecule has 1 saturated heterocycles. The van der Waals surface area contributed by atoms with E-state index >= 15 is 0 Å². The summed E-state index contributed by atoms with van der Waals surface area (Å²) in [6.07, 6.45) is 3.42. The number of likely N-dealkylation sites (tertiary alicyclic amines) is 1. The van der Waals surface area contributed by atoms with Crippen molar-refractivity contribution in [1.29, 1.82) is 0 Å². The Hall–Kier alpha value is -2.89. The van der Waals surface area contributed by atoms with E-state index in [1.807, 2.05) is 54.6 Å². The van der Waals surface area contributed by atoms with Crippen molar-refractivity contribution in [2.24, 2.45) is 5.92 Å². The smallest absolute Gasteiger partial charge is 0.224 e. The van der Waals surface area contributed by atoms with E-state index in [0.29, 0.717) is 0 Å². The van der Waals surface area contributed by atoms with Crippen LogP contribution in [0.4, 0.5) is 0 Å². The molecule has 2 heterocycles. The summed E-state index contributed by atoms with van der Waals surface area (Å²) >= 11 is 5.99. The molecule has 2 aromatic carbocycles. The number of aromatic nitrogens is 1. The Bertz CT molecular complexity index is 1020. The molecule has 0 bridgehead atoms. The number of halogens is 1. The first kappa shape index (κ1) is 22.3. The van der Waals surface area contributed by atoms with Crippen LogP contribution in [0, 0.1) is 5.92 Å². The number of hydrogen-bond donors (Lipinski definition) is 1. The number of ether oxygens (including phenoxy) is 1. The summed E-state index contributed by atoms with van der Waals surface area (Å²) in [5, 5.41) is 4.00. The van der Waals surface area contributed by atoms with Crippen molar-refractivity contribution in [3.05, 3.63) is 94.8 Å². The van der Waals surface area contributed by atoms with Gasteiger partial charge in [-0.25, -0.2) is 0 Å². The lowest BCUT2D eigenvalue weighted by molar-refractivity contribution is -0.127. The molecule has 6 heteroatoms. The van der Waals surface area contributed by atoms with Crippen LogP contribution < -0.4 is 10.1 Å². The van der Waals surface area contributed by atoms with Crippen molar-refractivity contribution >= 4 is 17.5 Å². The van der Waals surface area contributed by atoms with Gasteiger partial charge in [0.25, 0.3) is 0 Å². The minimum Gasteiger partial charge on any atom is -0.496 e. The molecule has 1 N–H and O–H groups in total. The third-order valence-electron chi connectivity index (χ3n) is 6.00.